The number of benzene rings is 2. The number of nitrogens with zero attached hydrogens (tertiary/aromatic N) is 1. The van der Waals surface area contributed by atoms with Crippen molar-refractivity contribution in [3.8, 4) is 17.2 Å². The molecule has 0 saturated heterocycles. The van der Waals surface area contributed by atoms with Crippen LogP contribution < -0.4 is 24.4 Å². The molecule has 0 spiro atoms. The number of carbonyl (C=O) groups is 2. The number of nitrogens with one attached hydrogen (secondary N) is 1. The number of rotatable bonds is 4. The molecule has 0 saturated carbocycles. The molecule has 1 aliphatic rings. The van der Waals surface area contributed by atoms with Gasteiger partial charge in [-0.1, -0.05) is 6.07 Å². The molecule has 0 aromatic heterocycles. The number of fused-ring (bicyclic) bond motifs is 1. The Bertz CT molecular complexity index is 843. The predicted molar refractivity (Wildman–Crippen MR) is 97.4 cm³/mol. The van der Waals surface area contributed by atoms with Crippen LogP contribution in [0.5, 0.6) is 17.2 Å². The van der Waals surface area contributed by atoms with E-state index < -0.39 is 6.10 Å². The van der Waals surface area contributed by atoms with Crippen LogP contribution in [-0.4, -0.2) is 39.2 Å². The molecule has 0 radical (unpaired) electrons. The Morgan fingerprint density at radius 3 is 2.42 bits per heavy atom. The molecule has 2 amide bonds. The van der Waals surface area contributed by atoms with Gasteiger partial charge in [0, 0.05) is 18.8 Å². The molecule has 7 nitrogen and oxygen atoms in total. The zero-order valence-corrected chi connectivity index (χ0v) is 15.0. The Kier molecular flexibility index (Phi) is 4.71. The van der Waals surface area contributed by atoms with Gasteiger partial charge in [0.25, 0.3) is 11.8 Å². The number of likely N-dealkylation sites (N-methyl/N-ethyl adjacent to an activating group) is 1. The van der Waals surface area contributed by atoms with Gasteiger partial charge in [-0.05, 0) is 31.2 Å². The summed E-state index contributed by atoms with van der Waals surface area (Å²) in [7, 11) is 4.68. The molecule has 136 valence electrons. The maximum Gasteiger partial charge on any atom is 0.267 e. The first-order valence-electron chi connectivity index (χ1n) is 8.07. The van der Waals surface area contributed by atoms with Crippen molar-refractivity contribution in [1.29, 1.82) is 0 Å². The molecule has 0 aliphatic carbocycles. The topological polar surface area (TPSA) is 77.1 Å². The molecule has 1 heterocycles. The molecule has 1 unspecified atom stereocenters. The van der Waals surface area contributed by atoms with E-state index in [1.807, 2.05) is 0 Å². The van der Waals surface area contributed by atoms with Crippen molar-refractivity contribution in [2.45, 2.75) is 13.0 Å². The van der Waals surface area contributed by atoms with Gasteiger partial charge in [0.1, 0.15) is 22.8 Å². The third-order valence-corrected chi connectivity index (χ3v) is 4.22. The largest absolute Gasteiger partial charge is 0.496 e. The first-order valence-corrected chi connectivity index (χ1v) is 8.07. The highest BCUT2D eigenvalue weighted by atomic mass is 16.5. The van der Waals surface area contributed by atoms with Gasteiger partial charge in [-0.25, -0.2) is 0 Å². The fraction of sp³-hybridized carbons (Fsp3) is 0.263. The summed E-state index contributed by atoms with van der Waals surface area (Å²) in [4.78, 5) is 26.3. The van der Waals surface area contributed by atoms with E-state index in [2.05, 4.69) is 5.32 Å². The number of hydrogen-bond acceptors (Lipinski definition) is 5. The molecule has 0 fully saturated rings. The number of amides is 2. The van der Waals surface area contributed by atoms with E-state index in [4.69, 9.17) is 14.2 Å². The van der Waals surface area contributed by atoms with Crippen molar-refractivity contribution in [3.63, 3.8) is 0 Å². The van der Waals surface area contributed by atoms with Gasteiger partial charge in [-0.3, -0.25) is 9.59 Å². The predicted octanol–water partition coefficient (Wildman–Crippen LogP) is 2.70. The minimum Gasteiger partial charge on any atom is -0.496 e. The average Bonchev–Trinajstić information content (AvgIpc) is 2.65. The summed E-state index contributed by atoms with van der Waals surface area (Å²) in [6.45, 7) is 1.69. The van der Waals surface area contributed by atoms with Crippen molar-refractivity contribution >= 4 is 23.2 Å². The lowest BCUT2D eigenvalue weighted by atomic mass is 10.1. The summed E-state index contributed by atoms with van der Waals surface area (Å²) in [5.41, 5.74) is 1.49. The molecule has 7 heteroatoms. The van der Waals surface area contributed by atoms with Crippen LogP contribution in [0.4, 0.5) is 11.4 Å². The summed E-state index contributed by atoms with van der Waals surface area (Å²) in [5, 5.41) is 2.82. The standard InChI is InChI=1S/C19H20N2O5/c1-11-19(23)21(2)13-9-8-12(10-16(13)26-11)20-18(22)17-14(24-3)6-5-7-15(17)25-4/h5-11H,1-4H3,(H,20,22). The minimum absolute atomic E-state index is 0.118. The lowest BCUT2D eigenvalue weighted by molar-refractivity contribution is -0.125. The summed E-state index contributed by atoms with van der Waals surface area (Å²) >= 11 is 0. The SMILES string of the molecule is COc1cccc(OC)c1C(=O)Nc1ccc2c(c1)OC(C)C(=O)N2C. The van der Waals surface area contributed by atoms with Crippen LogP contribution in [0.15, 0.2) is 36.4 Å². The summed E-state index contributed by atoms with van der Waals surface area (Å²) in [5.74, 6) is 0.870. The van der Waals surface area contributed by atoms with Crippen LogP contribution in [-0.2, 0) is 4.79 Å². The second-order valence-electron chi connectivity index (χ2n) is 5.83. The first-order chi connectivity index (χ1) is 12.5. The van der Waals surface area contributed by atoms with Crippen LogP contribution in [0.2, 0.25) is 0 Å². The van der Waals surface area contributed by atoms with E-state index in [9.17, 15) is 9.59 Å². The molecular weight excluding hydrogens is 336 g/mol. The number of carbonyl (C=O) groups excluding carboxylic acids is 2. The zero-order valence-electron chi connectivity index (χ0n) is 15.0. The highest BCUT2D eigenvalue weighted by Gasteiger charge is 2.29. The highest BCUT2D eigenvalue weighted by Crippen LogP contribution is 2.36. The van der Waals surface area contributed by atoms with E-state index in [-0.39, 0.29) is 11.8 Å². The lowest BCUT2D eigenvalue weighted by Gasteiger charge is -2.30. The molecular formula is C19H20N2O5. The van der Waals surface area contributed by atoms with Crippen molar-refractivity contribution in [1.82, 2.24) is 0 Å². The second-order valence-corrected chi connectivity index (χ2v) is 5.83. The van der Waals surface area contributed by atoms with Gasteiger partial charge in [0.15, 0.2) is 6.10 Å². The Labute approximate surface area is 151 Å². The molecule has 0 bridgehead atoms. The minimum atomic E-state index is -0.576. The lowest BCUT2D eigenvalue weighted by Crippen LogP contribution is -2.41. The Hall–Kier alpha value is -3.22. The van der Waals surface area contributed by atoms with Crippen LogP contribution in [0, 0.1) is 0 Å². The van der Waals surface area contributed by atoms with Crippen molar-refractivity contribution < 1.29 is 23.8 Å². The molecule has 1 aliphatic heterocycles. The normalized spacial score (nSPS) is 15.8. The molecule has 2 aromatic rings. The fourth-order valence-corrected chi connectivity index (χ4v) is 2.86. The number of methoxy groups -OCH3 is 2. The van der Waals surface area contributed by atoms with E-state index in [1.165, 1.54) is 14.2 Å². The molecule has 2 aromatic carbocycles. The first kappa shape index (κ1) is 17.6. The number of hydrogen-bond donors (Lipinski definition) is 1. The van der Waals surface area contributed by atoms with Gasteiger partial charge in [0.05, 0.1) is 19.9 Å². The smallest absolute Gasteiger partial charge is 0.267 e. The van der Waals surface area contributed by atoms with E-state index in [1.54, 1.807) is 55.3 Å². The quantitative estimate of drug-likeness (QED) is 0.911. The third-order valence-electron chi connectivity index (χ3n) is 4.22. The fourth-order valence-electron chi connectivity index (χ4n) is 2.86. The molecule has 1 atom stereocenters. The van der Waals surface area contributed by atoms with E-state index in [0.29, 0.717) is 34.2 Å². The average molecular weight is 356 g/mol. The maximum absolute atomic E-state index is 12.7. The Morgan fingerprint density at radius 1 is 1.15 bits per heavy atom. The van der Waals surface area contributed by atoms with Gasteiger partial charge >= 0.3 is 0 Å². The Balaban J connectivity index is 1.90. The third kappa shape index (κ3) is 3.03. The summed E-state index contributed by atoms with van der Waals surface area (Å²) in [6.07, 6.45) is -0.576. The van der Waals surface area contributed by atoms with E-state index in [0.717, 1.165) is 0 Å². The zero-order chi connectivity index (χ0) is 18.8. The monoisotopic (exact) mass is 356 g/mol. The molecule has 3 rings (SSSR count). The van der Waals surface area contributed by atoms with Crippen LogP contribution in [0.3, 0.4) is 0 Å². The van der Waals surface area contributed by atoms with Gasteiger partial charge < -0.3 is 24.4 Å². The molecule has 26 heavy (non-hydrogen) atoms. The van der Waals surface area contributed by atoms with E-state index >= 15 is 0 Å². The highest BCUT2D eigenvalue weighted by molar-refractivity contribution is 6.08. The van der Waals surface area contributed by atoms with Crippen molar-refractivity contribution in [2.24, 2.45) is 0 Å². The Morgan fingerprint density at radius 2 is 1.81 bits per heavy atom. The van der Waals surface area contributed by atoms with Crippen molar-refractivity contribution in [2.75, 3.05) is 31.5 Å². The van der Waals surface area contributed by atoms with Crippen LogP contribution >= 0.6 is 0 Å². The summed E-state index contributed by atoms with van der Waals surface area (Å²) in [6, 6.07) is 10.3. The van der Waals surface area contributed by atoms with Gasteiger partial charge in [0.2, 0.25) is 0 Å². The van der Waals surface area contributed by atoms with Gasteiger partial charge in [-0.15, -0.1) is 0 Å². The van der Waals surface area contributed by atoms with Crippen molar-refractivity contribution in [3.05, 3.63) is 42.0 Å². The second kappa shape index (κ2) is 6.95. The maximum atomic E-state index is 12.7. The number of anilines is 2. The van der Waals surface area contributed by atoms with Crippen LogP contribution in [0.25, 0.3) is 0 Å². The number of ether oxygens (including phenoxy) is 3. The molecule has 1 N–H and O–H groups in total. The van der Waals surface area contributed by atoms with Crippen LogP contribution in [0.1, 0.15) is 17.3 Å². The van der Waals surface area contributed by atoms with Gasteiger partial charge in [-0.2, -0.15) is 0 Å². The summed E-state index contributed by atoms with van der Waals surface area (Å²) < 4.78 is 16.2.